The van der Waals surface area contributed by atoms with Gasteiger partial charge in [0.25, 0.3) is 0 Å². The molecular weight excluding hydrogens is 544 g/mol. The van der Waals surface area contributed by atoms with Gasteiger partial charge in [-0.05, 0) is 34.6 Å². The van der Waals surface area contributed by atoms with Crippen LogP contribution in [0.25, 0.3) is 10.2 Å². The minimum absolute atomic E-state index is 0.148. The van der Waals surface area contributed by atoms with Crippen molar-refractivity contribution in [2.75, 3.05) is 62.2 Å². The van der Waals surface area contributed by atoms with E-state index in [1.165, 1.54) is 21.4 Å². The number of carbonyl (C=O) groups is 2. The quantitative estimate of drug-likeness (QED) is 0.310. The fraction of sp³-hybridized carbons (Fsp3) is 0.500. The molecular formula is C28H34N8O2S2. The van der Waals surface area contributed by atoms with Crippen LogP contribution in [0.1, 0.15) is 34.9 Å². The molecule has 0 spiro atoms. The summed E-state index contributed by atoms with van der Waals surface area (Å²) in [6.07, 6.45) is 0.927. The molecule has 12 heteroatoms. The average Bonchev–Trinajstić information content (AvgIpc) is 3.58. The highest BCUT2D eigenvalue weighted by Crippen LogP contribution is 2.40. The minimum Gasteiger partial charge on any atom is -0.353 e. The van der Waals surface area contributed by atoms with Crippen LogP contribution < -0.4 is 20.4 Å². The molecule has 3 aromatic rings. The smallest absolute Gasteiger partial charge is 0.243 e. The number of piperazine rings is 2. The van der Waals surface area contributed by atoms with Gasteiger partial charge < -0.3 is 15.1 Å². The Kier molecular flexibility index (Phi) is 7.13. The van der Waals surface area contributed by atoms with Crippen LogP contribution in [-0.4, -0.2) is 90.0 Å². The molecule has 4 aliphatic heterocycles. The molecule has 3 saturated heterocycles. The van der Waals surface area contributed by atoms with E-state index in [9.17, 15) is 9.59 Å². The van der Waals surface area contributed by atoms with Gasteiger partial charge in [0, 0.05) is 71.9 Å². The summed E-state index contributed by atoms with van der Waals surface area (Å²) in [5.74, 6) is 1.52. The van der Waals surface area contributed by atoms with Crippen molar-refractivity contribution in [1.29, 1.82) is 0 Å². The van der Waals surface area contributed by atoms with Crippen molar-refractivity contribution in [1.82, 2.24) is 30.4 Å². The fourth-order valence-electron chi connectivity index (χ4n) is 6.30. The summed E-state index contributed by atoms with van der Waals surface area (Å²) in [6.45, 7) is 9.12. The molecule has 40 heavy (non-hydrogen) atoms. The number of benzene rings is 1. The number of fused-ring (bicyclic) bond motifs is 2. The van der Waals surface area contributed by atoms with Crippen LogP contribution in [0.5, 0.6) is 0 Å². The Morgan fingerprint density at radius 1 is 1.00 bits per heavy atom. The molecule has 1 aromatic carbocycles. The number of hydrogen-bond acceptors (Lipinski definition) is 11. The van der Waals surface area contributed by atoms with Crippen molar-refractivity contribution >= 4 is 57.8 Å². The Labute approximate surface area is 243 Å². The van der Waals surface area contributed by atoms with Crippen LogP contribution in [0.4, 0.5) is 11.8 Å². The lowest BCUT2D eigenvalue weighted by Crippen LogP contribution is -2.51. The van der Waals surface area contributed by atoms with E-state index in [0.717, 1.165) is 76.2 Å². The summed E-state index contributed by atoms with van der Waals surface area (Å²) < 4.78 is 1.18. The number of hydrogen-bond donors (Lipinski definition) is 3. The summed E-state index contributed by atoms with van der Waals surface area (Å²) in [4.78, 5) is 43.4. The van der Waals surface area contributed by atoms with Crippen molar-refractivity contribution < 1.29 is 9.59 Å². The van der Waals surface area contributed by atoms with E-state index < -0.39 is 0 Å². The van der Waals surface area contributed by atoms with E-state index in [-0.39, 0.29) is 23.2 Å². The van der Waals surface area contributed by atoms with Crippen LogP contribution in [0, 0.1) is 0 Å². The van der Waals surface area contributed by atoms with E-state index >= 15 is 0 Å². The number of anilines is 2. The lowest BCUT2D eigenvalue weighted by Gasteiger charge is -2.35. The van der Waals surface area contributed by atoms with Crippen LogP contribution in [0.2, 0.25) is 0 Å². The number of piperidine rings is 1. The Bertz CT molecular complexity index is 1430. The number of rotatable bonds is 5. The molecule has 6 heterocycles. The maximum absolute atomic E-state index is 12.5. The summed E-state index contributed by atoms with van der Waals surface area (Å²) in [7, 11) is 0. The van der Waals surface area contributed by atoms with Crippen LogP contribution in [-0.2, 0) is 22.7 Å². The molecule has 0 saturated carbocycles. The first-order valence-corrected chi connectivity index (χ1v) is 15.5. The summed E-state index contributed by atoms with van der Waals surface area (Å²) in [5.41, 5.74) is 4.67. The second kappa shape index (κ2) is 10.9. The number of imide groups is 1. The van der Waals surface area contributed by atoms with E-state index in [1.54, 1.807) is 11.3 Å². The second-order valence-electron chi connectivity index (χ2n) is 11.0. The topological polar surface area (TPSA) is 96.9 Å². The van der Waals surface area contributed by atoms with Gasteiger partial charge in [-0.3, -0.25) is 24.7 Å². The van der Waals surface area contributed by atoms with E-state index in [4.69, 9.17) is 22.6 Å². The van der Waals surface area contributed by atoms with Crippen LogP contribution in [0.3, 0.4) is 0 Å². The predicted molar refractivity (Wildman–Crippen MR) is 160 cm³/mol. The molecule has 2 aromatic heterocycles. The van der Waals surface area contributed by atoms with Crippen molar-refractivity contribution in [3.8, 4) is 0 Å². The lowest BCUT2D eigenvalue weighted by atomic mass is 10.0. The third-order valence-corrected chi connectivity index (χ3v) is 9.99. The number of aromatic nitrogens is 2. The Morgan fingerprint density at radius 3 is 2.62 bits per heavy atom. The van der Waals surface area contributed by atoms with Gasteiger partial charge in [-0.15, -0.1) is 11.3 Å². The predicted octanol–water partition coefficient (Wildman–Crippen LogP) is 1.97. The van der Waals surface area contributed by atoms with Gasteiger partial charge >= 0.3 is 0 Å². The Morgan fingerprint density at radius 2 is 1.82 bits per heavy atom. The highest BCUT2D eigenvalue weighted by Gasteiger charge is 2.39. The van der Waals surface area contributed by atoms with Crippen molar-refractivity contribution in [3.05, 3.63) is 46.3 Å². The summed E-state index contributed by atoms with van der Waals surface area (Å²) in [6, 6.07) is 8.42. The molecule has 2 N–H and O–H groups in total. The molecule has 2 atom stereocenters. The van der Waals surface area contributed by atoms with Gasteiger partial charge in [-0.1, -0.05) is 18.2 Å². The molecule has 10 nitrogen and oxygen atoms in total. The summed E-state index contributed by atoms with van der Waals surface area (Å²) >= 11 is 6.62. The molecule has 2 unspecified atom stereocenters. The van der Waals surface area contributed by atoms with Crippen molar-refractivity contribution in [3.63, 3.8) is 0 Å². The zero-order chi connectivity index (χ0) is 27.2. The molecule has 2 amide bonds. The molecule has 210 valence electrons. The Balaban J connectivity index is 1.00. The minimum atomic E-state index is -0.313. The molecule has 0 radical (unpaired) electrons. The number of nitrogens with zero attached hydrogens (tertiary/aromatic N) is 6. The second-order valence-corrected chi connectivity index (χ2v) is 12.4. The lowest BCUT2D eigenvalue weighted by molar-refractivity contribution is -0.137. The molecule has 7 rings (SSSR count). The molecule has 0 aliphatic carbocycles. The van der Waals surface area contributed by atoms with Gasteiger partial charge in [0.05, 0.1) is 21.6 Å². The van der Waals surface area contributed by atoms with Gasteiger partial charge in [0.2, 0.25) is 17.8 Å². The maximum Gasteiger partial charge on any atom is 0.243 e. The largest absolute Gasteiger partial charge is 0.353 e. The van der Waals surface area contributed by atoms with Gasteiger partial charge in [-0.2, -0.15) is 17.6 Å². The molecule has 0 bridgehead atoms. The third-order valence-electron chi connectivity index (χ3n) is 8.52. The number of amides is 2. The SMILES string of the molecule is O=C1CCC(N2Cc3ccc(CN4CCN(c5nc(N6CCNCC6)c6sccc6n5)CC4)cc3C2S)C(=O)N1. The number of thiol groups is 1. The molecule has 4 aliphatic rings. The first-order chi connectivity index (χ1) is 19.5. The third kappa shape index (κ3) is 4.96. The first kappa shape index (κ1) is 26.1. The van der Waals surface area contributed by atoms with Gasteiger partial charge in [0.15, 0.2) is 5.82 Å². The highest BCUT2D eigenvalue weighted by molar-refractivity contribution is 7.80. The van der Waals surface area contributed by atoms with Crippen molar-refractivity contribution in [2.24, 2.45) is 0 Å². The van der Waals surface area contributed by atoms with Gasteiger partial charge in [0.1, 0.15) is 0 Å². The Hall–Kier alpha value is -2.77. The standard InChI is InChI=1S/C28H34N8O2S2/c37-23-4-3-22(26(38)31-23)36-17-19-2-1-18(15-20(19)27(36)39)16-33-10-12-35(13-11-33)28-30-21-5-14-40-24(21)25(32-28)34-8-6-29-7-9-34/h1-2,5,14-15,22,27,29,39H,3-4,6-13,16-17H2,(H,31,37,38). The van der Waals surface area contributed by atoms with E-state index in [0.29, 0.717) is 19.4 Å². The summed E-state index contributed by atoms with van der Waals surface area (Å²) in [5, 5.41) is 7.88. The normalized spacial score (nSPS) is 24.5. The van der Waals surface area contributed by atoms with Gasteiger partial charge in [-0.25, -0.2) is 4.98 Å². The van der Waals surface area contributed by atoms with E-state index in [2.05, 4.69) is 59.9 Å². The maximum atomic E-state index is 12.5. The van der Waals surface area contributed by atoms with Crippen LogP contribution >= 0.6 is 24.0 Å². The van der Waals surface area contributed by atoms with Crippen molar-refractivity contribution in [2.45, 2.75) is 37.3 Å². The van der Waals surface area contributed by atoms with E-state index in [1.807, 2.05) is 0 Å². The first-order valence-electron chi connectivity index (χ1n) is 14.1. The zero-order valence-corrected chi connectivity index (χ0v) is 24.1. The number of nitrogens with one attached hydrogen (secondary N) is 2. The van der Waals surface area contributed by atoms with Crippen LogP contribution in [0.15, 0.2) is 29.6 Å². The number of thiophene rings is 1. The average molecular weight is 579 g/mol. The zero-order valence-electron chi connectivity index (χ0n) is 22.4. The fourth-order valence-corrected chi connectivity index (χ4v) is 7.63. The highest BCUT2D eigenvalue weighted by atomic mass is 32.1. The molecule has 3 fully saturated rings. The number of carbonyl (C=O) groups excluding carboxylic acids is 2. The monoisotopic (exact) mass is 578 g/mol.